The summed E-state index contributed by atoms with van der Waals surface area (Å²) in [6, 6.07) is 14.4. The smallest absolute Gasteiger partial charge is 0.283 e. The van der Waals surface area contributed by atoms with Crippen molar-refractivity contribution in [3.8, 4) is 17.4 Å². The van der Waals surface area contributed by atoms with Gasteiger partial charge in [-0.2, -0.15) is 0 Å². The van der Waals surface area contributed by atoms with Gasteiger partial charge in [-0.25, -0.2) is 0 Å². The number of allylic oxidation sites excluding steroid dienone is 1. The molecule has 1 aliphatic carbocycles. The molecule has 2 aliphatic rings. The van der Waals surface area contributed by atoms with Crippen LogP contribution in [0, 0.1) is 6.92 Å². The van der Waals surface area contributed by atoms with Gasteiger partial charge in [0.05, 0.1) is 5.39 Å². The van der Waals surface area contributed by atoms with E-state index in [4.69, 9.17) is 13.6 Å². The number of hydrogen-bond donors (Lipinski definition) is 1. The maximum Gasteiger partial charge on any atom is 0.283 e. The van der Waals surface area contributed by atoms with Gasteiger partial charge in [0.1, 0.15) is 24.0 Å². The summed E-state index contributed by atoms with van der Waals surface area (Å²) in [4.78, 5) is 2.34. The lowest BCUT2D eigenvalue weighted by Crippen LogP contribution is -2.40. The third kappa shape index (κ3) is 4.61. The fourth-order valence-electron chi connectivity index (χ4n) is 5.17. The third-order valence-corrected chi connectivity index (χ3v) is 7.02. The van der Waals surface area contributed by atoms with E-state index in [-0.39, 0.29) is 6.61 Å². The van der Waals surface area contributed by atoms with E-state index in [9.17, 15) is 5.11 Å². The van der Waals surface area contributed by atoms with E-state index in [1.165, 1.54) is 16.7 Å². The van der Waals surface area contributed by atoms with E-state index >= 15 is 0 Å². The summed E-state index contributed by atoms with van der Waals surface area (Å²) in [7, 11) is 0. The predicted molar refractivity (Wildman–Crippen MR) is 133 cm³/mol. The van der Waals surface area contributed by atoms with Crippen LogP contribution < -0.4 is 4.74 Å². The molecule has 35 heavy (non-hydrogen) atoms. The summed E-state index contributed by atoms with van der Waals surface area (Å²) < 4.78 is 17.3. The van der Waals surface area contributed by atoms with Crippen LogP contribution in [0.5, 0.6) is 5.75 Å². The Morgan fingerprint density at radius 3 is 2.83 bits per heavy atom. The highest BCUT2D eigenvalue weighted by molar-refractivity contribution is 5.87. The molecule has 0 amide bonds. The largest absolute Gasteiger partial charge is 0.490 e. The van der Waals surface area contributed by atoms with Gasteiger partial charge in [0.25, 0.3) is 5.89 Å². The highest BCUT2D eigenvalue weighted by Gasteiger charge is 2.23. The van der Waals surface area contributed by atoms with E-state index in [2.05, 4.69) is 45.4 Å². The Labute approximate surface area is 204 Å². The van der Waals surface area contributed by atoms with Crippen LogP contribution in [0.25, 0.3) is 28.7 Å². The molecule has 1 aliphatic heterocycles. The Morgan fingerprint density at radius 2 is 2.00 bits per heavy atom. The summed E-state index contributed by atoms with van der Waals surface area (Å²) in [5, 5.41) is 19.4. The monoisotopic (exact) mass is 471 g/mol. The molecule has 0 unspecified atom stereocenters. The Bertz CT molecular complexity index is 1360. The van der Waals surface area contributed by atoms with Gasteiger partial charge in [-0.3, -0.25) is 0 Å². The molecule has 0 bridgehead atoms. The molecule has 1 N–H and O–H groups in total. The number of rotatable bonds is 7. The van der Waals surface area contributed by atoms with Gasteiger partial charge in [-0.1, -0.05) is 36.4 Å². The quantitative estimate of drug-likeness (QED) is 0.407. The Balaban J connectivity index is 1.03. The van der Waals surface area contributed by atoms with Crippen molar-refractivity contribution in [2.75, 3.05) is 26.2 Å². The number of aliphatic hydroxyl groups is 1. The maximum atomic E-state index is 10.7. The molecular weight excluding hydrogens is 442 g/mol. The molecule has 1 saturated heterocycles. The standard InChI is InChI=1S/C28H29N3O4/c1-18-29-30-28(34-18)27-15-24-25(6-3-7-26(24)35-27)33-17-23(32)16-31-12-10-20(11-13-31)22-9-8-19-4-2-5-21(19)14-22/h2-3,5-9,14-15,20,23,32H,4,10-13,16-17H2,1H3/t23-/m0/s1. The first-order valence-corrected chi connectivity index (χ1v) is 12.3. The summed E-state index contributed by atoms with van der Waals surface area (Å²) in [6.07, 6.45) is 7.19. The van der Waals surface area contributed by atoms with Crippen molar-refractivity contribution >= 4 is 17.0 Å². The number of nitrogens with zero attached hydrogens (tertiary/aromatic N) is 3. The molecule has 7 nitrogen and oxygen atoms in total. The van der Waals surface area contributed by atoms with E-state index in [1.807, 2.05) is 24.3 Å². The van der Waals surface area contributed by atoms with Crippen LogP contribution >= 0.6 is 0 Å². The van der Waals surface area contributed by atoms with Crippen LogP contribution in [0.4, 0.5) is 0 Å². The van der Waals surface area contributed by atoms with Crippen molar-refractivity contribution in [2.24, 2.45) is 0 Å². The van der Waals surface area contributed by atoms with E-state index in [1.54, 1.807) is 6.92 Å². The molecular formula is C28H29N3O4. The highest BCUT2D eigenvalue weighted by atomic mass is 16.5. The van der Waals surface area contributed by atoms with Crippen molar-refractivity contribution in [1.82, 2.24) is 15.1 Å². The van der Waals surface area contributed by atoms with Gasteiger partial charge < -0.3 is 23.6 Å². The second kappa shape index (κ2) is 9.32. The number of β-amino-alcohol motifs (C(OH)–C–C–N with tert-alkyl or cyclic N) is 1. The van der Waals surface area contributed by atoms with E-state index in [0.29, 0.717) is 41.3 Å². The van der Waals surface area contributed by atoms with Crippen LogP contribution in [0.1, 0.15) is 41.3 Å². The topological polar surface area (TPSA) is 84.8 Å². The molecule has 0 radical (unpaired) electrons. The van der Waals surface area contributed by atoms with Crippen molar-refractivity contribution < 1.29 is 18.7 Å². The first-order valence-electron chi connectivity index (χ1n) is 12.3. The van der Waals surface area contributed by atoms with Crippen molar-refractivity contribution in [3.63, 3.8) is 0 Å². The number of likely N-dealkylation sites (tertiary alicyclic amines) is 1. The molecule has 3 heterocycles. The number of piperidine rings is 1. The number of furan rings is 1. The zero-order valence-electron chi connectivity index (χ0n) is 19.8. The van der Waals surface area contributed by atoms with Crippen molar-refractivity contribution in [1.29, 1.82) is 0 Å². The summed E-state index contributed by atoms with van der Waals surface area (Å²) in [5.41, 5.74) is 4.93. The van der Waals surface area contributed by atoms with E-state index < -0.39 is 6.10 Å². The first-order chi connectivity index (χ1) is 17.1. The average molecular weight is 472 g/mol. The fourth-order valence-corrected chi connectivity index (χ4v) is 5.17. The normalized spacial score (nSPS) is 17.2. The number of ether oxygens (including phenoxy) is 1. The zero-order chi connectivity index (χ0) is 23.8. The molecule has 6 rings (SSSR count). The van der Waals surface area contributed by atoms with Crippen molar-refractivity contribution in [2.45, 2.75) is 38.2 Å². The minimum absolute atomic E-state index is 0.219. The number of benzene rings is 2. The Kier molecular flexibility index (Phi) is 5.88. The number of fused-ring (bicyclic) bond motifs is 2. The SMILES string of the molecule is Cc1nnc(-c2cc3c(OC[C@@H](O)CN4CCC(c5ccc6c(c5)C=CC6)CC4)cccc3o2)o1. The summed E-state index contributed by atoms with van der Waals surface area (Å²) in [6.45, 7) is 4.53. The van der Waals surface area contributed by atoms with Crippen LogP contribution in [0.2, 0.25) is 0 Å². The minimum atomic E-state index is -0.572. The van der Waals surface area contributed by atoms with Gasteiger partial charge in [-0.05, 0) is 67.1 Å². The predicted octanol–water partition coefficient (Wildman–Crippen LogP) is 4.98. The fraction of sp³-hybridized carbons (Fsp3) is 0.357. The lowest BCUT2D eigenvalue weighted by Gasteiger charge is -2.33. The Hall–Kier alpha value is -3.42. The average Bonchev–Trinajstić information content (AvgIpc) is 3.62. The molecule has 1 atom stereocenters. The van der Waals surface area contributed by atoms with E-state index in [0.717, 1.165) is 37.7 Å². The summed E-state index contributed by atoms with van der Waals surface area (Å²) >= 11 is 0. The zero-order valence-corrected chi connectivity index (χ0v) is 19.8. The third-order valence-electron chi connectivity index (χ3n) is 7.02. The van der Waals surface area contributed by atoms with Crippen molar-refractivity contribution in [3.05, 3.63) is 71.1 Å². The summed E-state index contributed by atoms with van der Waals surface area (Å²) in [5.74, 6) is 2.57. The maximum absolute atomic E-state index is 10.7. The van der Waals surface area contributed by atoms with Gasteiger partial charge in [0.2, 0.25) is 5.89 Å². The highest BCUT2D eigenvalue weighted by Crippen LogP contribution is 2.34. The minimum Gasteiger partial charge on any atom is -0.490 e. The second-order valence-corrected chi connectivity index (χ2v) is 9.51. The number of hydrogen-bond acceptors (Lipinski definition) is 7. The second-order valence-electron chi connectivity index (χ2n) is 9.51. The molecule has 0 saturated carbocycles. The molecule has 4 aromatic rings. The van der Waals surface area contributed by atoms with Crippen LogP contribution in [-0.4, -0.2) is 52.5 Å². The molecule has 2 aromatic heterocycles. The van der Waals surface area contributed by atoms with Crippen LogP contribution in [-0.2, 0) is 6.42 Å². The van der Waals surface area contributed by atoms with Gasteiger partial charge >= 0.3 is 0 Å². The number of aromatic nitrogens is 2. The number of aliphatic hydroxyl groups excluding tert-OH is 1. The van der Waals surface area contributed by atoms with Gasteiger partial charge in [-0.15, -0.1) is 10.2 Å². The lowest BCUT2D eigenvalue weighted by atomic mass is 9.88. The lowest BCUT2D eigenvalue weighted by molar-refractivity contribution is 0.0599. The number of aryl methyl sites for hydroxylation is 1. The van der Waals surface area contributed by atoms with Gasteiger partial charge in [0.15, 0.2) is 5.76 Å². The molecule has 7 heteroatoms. The van der Waals surface area contributed by atoms with Crippen LogP contribution in [0.3, 0.4) is 0 Å². The first kappa shape index (κ1) is 22.1. The Morgan fingerprint density at radius 1 is 1.11 bits per heavy atom. The van der Waals surface area contributed by atoms with Crippen LogP contribution in [0.15, 0.2) is 57.4 Å². The molecule has 180 valence electrons. The molecule has 2 aromatic carbocycles. The van der Waals surface area contributed by atoms with Gasteiger partial charge in [0, 0.05) is 19.5 Å². The molecule has 1 fully saturated rings. The molecule has 0 spiro atoms.